The van der Waals surface area contributed by atoms with Crippen molar-refractivity contribution in [1.82, 2.24) is 9.80 Å². The molecule has 25 heavy (non-hydrogen) atoms. The lowest BCUT2D eigenvalue weighted by molar-refractivity contribution is -0.130. The molecule has 138 valence electrons. The van der Waals surface area contributed by atoms with Gasteiger partial charge in [0.15, 0.2) is 0 Å². The first-order valence-corrected chi connectivity index (χ1v) is 8.61. The standard InChI is InChI=1S/C17H22ClN3O3.ClH/c1-24-15-10-14(19)13(18)9-12(15)17(23)20-7-4-11(5-8-20)21-6-2-3-16(21)22;/h9-11H,2-8,19H2,1H3;1H. The minimum absolute atomic E-state index is 0. The number of carbonyl (C=O) groups is 2. The second-order valence-corrected chi connectivity index (χ2v) is 6.70. The minimum Gasteiger partial charge on any atom is -0.496 e. The average molecular weight is 388 g/mol. The van der Waals surface area contributed by atoms with Gasteiger partial charge in [0.25, 0.3) is 5.91 Å². The van der Waals surface area contributed by atoms with E-state index in [1.54, 1.807) is 17.0 Å². The molecule has 0 radical (unpaired) electrons. The molecule has 0 unspecified atom stereocenters. The van der Waals surface area contributed by atoms with Gasteiger partial charge in [0, 0.05) is 38.2 Å². The highest BCUT2D eigenvalue weighted by Gasteiger charge is 2.32. The molecule has 0 spiro atoms. The van der Waals surface area contributed by atoms with Crippen LogP contribution in [-0.2, 0) is 4.79 Å². The predicted octanol–water partition coefficient (Wildman–Crippen LogP) is 2.58. The highest BCUT2D eigenvalue weighted by atomic mass is 35.5. The number of amides is 2. The van der Waals surface area contributed by atoms with Crippen molar-refractivity contribution in [1.29, 1.82) is 0 Å². The number of halogens is 2. The third-order valence-corrected chi connectivity index (χ3v) is 5.18. The van der Waals surface area contributed by atoms with Crippen LogP contribution in [0.25, 0.3) is 0 Å². The average Bonchev–Trinajstić information content (AvgIpc) is 3.02. The fourth-order valence-corrected chi connectivity index (χ4v) is 3.67. The van der Waals surface area contributed by atoms with E-state index >= 15 is 0 Å². The number of carbonyl (C=O) groups excluding carboxylic acids is 2. The molecule has 0 atom stereocenters. The van der Waals surface area contributed by atoms with E-state index in [2.05, 4.69) is 0 Å². The van der Waals surface area contributed by atoms with Crippen LogP contribution in [0.15, 0.2) is 12.1 Å². The van der Waals surface area contributed by atoms with Gasteiger partial charge in [0.1, 0.15) is 5.75 Å². The highest BCUT2D eigenvalue weighted by Crippen LogP contribution is 2.31. The number of ether oxygens (including phenoxy) is 1. The Morgan fingerprint density at radius 2 is 1.96 bits per heavy atom. The van der Waals surface area contributed by atoms with Crippen LogP contribution in [0, 0.1) is 0 Å². The van der Waals surface area contributed by atoms with Crippen molar-refractivity contribution in [3.63, 3.8) is 0 Å². The van der Waals surface area contributed by atoms with Crippen LogP contribution in [0.1, 0.15) is 36.0 Å². The molecule has 2 aliphatic rings. The van der Waals surface area contributed by atoms with Gasteiger partial charge in [-0.05, 0) is 25.3 Å². The number of benzene rings is 1. The van der Waals surface area contributed by atoms with Gasteiger partial charge in [-0.25, -0.2) is 0 Å². The molecule has 2 heterocycles. The molecule has 2 N–H and O–H groups in total. The Bertz CT molecular complexity index is 661. The van der Waals surface area contributed by atoms with Gasteiger partial charge < -0.3 is 20.3 Å². The third kappa shape index (κ3) is 3.96. The van der Waals surface area contributed by atoms with Gasteiger partial charge in [-0.15, -0.1) is 12.4 Å². The zero-order chi connectivity index (χ0) is 17.3. The normalized spacial score (nSPS) is 18.2. The van der Waals surface area contributed by atoms with Crippen molar-refractivity contribution in [2.24, 2.45) is 0 Å². The van der Waals surface area contributed by atoms with Gasteiger partial charge in [-0.2, -0.15) is 0 Å². The molecule has 0 bridgehead atoms. The summed E-state index contributed by atoms with van der Waals surface area (Å²) < 4.78 is 5.27. The number of piperidine rings is 1. The minimum atomic E-state index is -0.111. The molecule has 1 aromatic rings. The lowest BCUT2D eigenvalue weighted by Crippen LogP contribution is -2.47. The maximum atomic E-state index is 12.8. The number of hydrogen-bond donors (Lipinski definition) is 1. The number of nitrogens with two attached hydrogens (primary N) is 1. The fourth-order valence-electron chi connectivity index (χ4n) is 3.51. The summed E-state index contributed by atoms with van der Waals surface area (Å²) in [5.74, 6) is 0.561. The van der Waals surface area contributed by atoms with Gasteiger partial charge in [0.05, 0.1) is 23.4 Å². The van der Waals surface area contributed by atoms with Gasteiger partial charge in [-0.1, -0.05) is 11.6 Å². The first-order valence-electron chi connectivity index (χ1n) is 8.23. The third-order valence-electron chi connectivity index (χ3n) is 4.85. The number of methoxy groups -OCH3 is 1. The number of anilines is 1. The molecule has 0 aromatic heterocycles. The Hall–Kier alpha value is -1.66. The van der Waals surface area contributed by atoms with Crippen molar-refractivity contribution in [2.45, 2.75) is 31.7 Å². The molecule has 6 nitrogen and oxygen atoms in total. The highest BCUT2D eigenvalue weighted by molar-refractivity contribution is 6.33. The summed E-state index contributed by atoms with van der Waals surface area (Å²) in [6, 6.07) is 3.39. The predicted molar refractivity (Wildman–Crippen MR) is 99.5 cm³/mol. The smallest absolute Gasteiger partial charge is 0.257 e. The number of nitrogens with zero attached hydrogens (tertiary/aromatic N) is 2. The summed E-state index contributed by atoms with van der Waals surface area (Å²) in [6.45, 7) is 2.09. The molecule has 3 rings (SSSR count). The monoisotopic (exact) mass is 387 g/mol. The molecule has 0 saturated carbocycles. The maximum Gasteiger partial charge on any atom is 0.257 e. The van der Waals surface area contributed by atoms with Crippen LogP contribution < -0.4 is 10.5 Å². The number of rotatable bonds is 3. The lowest BCUT2D eigenvalue weighted by Gasteiger charge is -2.36. The fraction of sp³-hybridized carbons (Fsp3) is 0.529. The largest absolute Gasteiger partial charge is 0.496 e. The summed E-state index contributed by atoms with van der Waals surface area (Å²) >= 11 is 6.06. The Balaban J connectivity index is 0.00000225. The number of hydrogen-bond acceptors (Lipinski definition) is 4. The SMILES string of the molecule is COc1cc(N)c(Cl)cc1C(=O)N1CCC(N2CCCC2=O)CC1.Cl. The summed E-state index contributed by atoms with van der Waals surface area (Å²) in [5.41, 5.74) is 6.58. The van der Waals surface area contributed by atoms with Crippen LogP contribution in [0.5, 0.6) is 5.75 Å². The number of nitrogen functional groups attached to an aromatic ring is 1. The van der Waals surface area contributed by atoms with Crippen molar-refractivity contribution in [2.75, 3.05) is 32.5 Å². The molecule has 0 aliphatic carbocycles. The second-order valence-electron chi connectivity index (χ2n) is 6.29. The zero-order valence-electron chi connectivity index (χ0n) is 14.2. The summed E-state index contributed by atoms with van der Waals surface area (Å²) in [7, 11) is 1.50. The number of likely N-dealkylation sites (tertiary alicyclic amines) is 2. The van der Waals surface area contributed by atoms with E-state index < -0.39 is 0 Å². The quantitative estimate of drug-likeness (QED) is 0.808. The molecular weight excluding hydrogens is 365 g/mol. The first-order chi connectivity index (χ1) is 11.5. The summed E-state index contributed by atoms with van der Waals surface area (Å²) in [5, 5.41) is 0.344. The topological polar surface area (TPSA) is 75.9 Å². The molecule has 1 aromatic carbocycles. The van der Waals surface area contributed by atoms with E-state index in [0.717, 1.165) is 25.8 Å². The van der Waals surface area contributed by atoms with Crippen molar-refractivity contribution >= 4 is 41.5 Å². The van der Waals surface area contributed by atoms with Gasteiger partial charge >= 0.3 is 0 Å². The Morgan fingerprint density at radius 3 is 2.52 bits per heavy atom. The van der Waals surface area contributed by atoms with Crippen LogP contribution in [0.3, 0.4) is 0 Å². The van der Waals surface area contributed by atoms with Crippen molar-refractivity contribution in [3.8, 4) is 5.75 Å². The molecular formula is C17H23Cl2N3O3. The molecule has 2 fully saturated rings. The summed E-state index contributed by atoms with van der Waals surface area (Å²) in [4.78, 5) is 28.4. The van der Waals surface area contributed by atoms with Gasteiger partial charge in [-0.3, -0.25) is 9.59 Å². The Morgan fingerprint density at radius 1 is 1.28 bits per heavy atom. The molecule has 8 heteroatoms. The van der Waals surface area contributed by atoms with Crippen LogP contribution in [0.2, 0.25) is 5.02 Å². The van der Waals surface area contributed by atoms with E-state index in [0.29, 0.717) is 41.5 Å². The lowest BCUT2D eigenvalue weighted by atomic mass is 10.0. The van der Waals surface area contributed by atoms with E-state index in [9.17, 15) is 9.59 Å². The van der Waals surface area contributed by atoms with Crippen LogP contribution >= 0.6 is 24.0 Å². The first kappa shape index (κ1) is 19.7. The van der Waals surface area contributed by atoms with E-state index in [-0.39, 0.29) is 30.3 Å². The molecule has 2 amide bonds. The maximum absolute atomic E-state index is 12.8. The van der Waals surface area contributed by atoms with Crippen molar-refractivity contribution < 1.29 is 14.3 Å². The molecule has 2 saturated heterocycles. The van der Waals surface area contributed by atoms with E-state index in [4.69, 9.17) is 22.1 Å². The van der Waals surface area contributed by atoms with Crippen molar-refractivity contribution in [3.05, 3.63) is 22.7 Å². The van der Waals surface area contributed by atoms with E-state index in [1.165, 1.54) is 7.11 Å². The zero-order valence-corrected chi connectivity index (χ0v) is 15.7. The Kier molecular flexibility index (Phi) is 6.41. The molecule has 2 aliphatic heterocycles. The van der Waals surface area contributed by atoms with Crippen LogP contribution in [0.4, 0.5) is 5.69 Å². The van der Waals surface area contributed by atoms with Crippen LogP contribution in [-0.4, -0.2) is 54.4 Å². The summed E-state index contributed by atoms with van der Waals surface area (Å²) in [6.07, 6.45) is 3.21. The van der Waals surface area contributed by atoms with Gasteiger partial charge in [0.2, 0.25) is 5.91 Å². The van der Waals surface area contributed by atoms with E-state index in [1.807, 2.05) is 4.90 Å². The Labute approximate surface area is 158 Å². The second kappa shape index (κ2) is 8.15.